The second kappa shape index (κ2) is 7.77. The van der Waals surface area contributed by atoms with E-state index in [1.807, 2.05) is 85.1 Å². The number of halogens is 1. The first-order valence-electron chi connectivity index (χ1n) is 8.77. The molecule has 0 heterocycles. The van der Waals surface area contributed by atoms with Crippen LogP contribution in [0.1, 0.15) is 22.7 Å². The molecular formula is C24H18BrNO. The molecule has 0 bridgehead atoms. The summed E-state index contributed by atoms with van der Waals surface area (Å²) in [4.78, 5) is 4.87. The van der Waals surface area contributed by atoms with Crippen molar-refractivity contribution >= 4 is 32.9 Å². The highest BCUT2D eigenvalue weighted by molar-refractivity contribution is 9.10. The molecule has 1 N–H and O–H groups in total. The molecule has 0 saturated heterocycles. The molecule has 0 radical (unpaired) electrons. The SMILES string of the molecule is Oc1ccc2cc(Br)ccc2c1C(N=Cc1ccccc1)c1ccccc1. The zero-order valence-electron chi connectivity index (χ0n) is 14.6. The van der Waals surface area contributed by atoms with Gasteiger partial charge in [0.15, 0.2) is 0 Å². The van der Waals surface area contributed by atoms with E-state index in [0.29, 0.717) is 0 Å². The number of rotatable bonds is 4. The maximum absolute atomic E-state index is 10.7. The molecule has 2 nitrogen and oxygen atoms in total. The summed E-state index contributed by atoms with van der Waals surface area (Å²) in [6.07, 6.45) is 1.87. The van der Waals surface area contributed by atoms with E-state index in [1.165, 1.54) is 0 Å². The van der Waals surface area contributed by atoms with Crippen LogP contribution in [0, 0.1) is 0 Å². The molecule has 4 aromatic carbocycles. The molecule has 0 aliphatic rings. The summed E-state index contributed by atoms with van der Waals surface area (Å²) in [6.45, 7) is 0. The molecule has 0 aromatic heterocycles. The Kier molecular flexibility index (Phi) is 5.03. The van der Waals surface area contributed by atoms with Crippen LogP contribution in [0.4, 0.5) is 0 Å². The van der Waals surface area contributed by atoms with Gasteiger partial charge in [0, 0.05) is 16.3 Å². The molecule has 0 spiro atoms. The molecule has 132 valence electrons. The van der Waals surface area contributed by atoms with Crippen LogP contribution in [-0.4, -0.2) is 11.3 Å². The van der Waals surface area contributed by atoms with Crippen LogP contribution in [0.2, 0.25) is 0 Å². The summed E-state index contributed by atoms with van der Waals surface area (Å²) < 4.78 is 1.01. The van der Waals surface area contributed by atoms with Crippen molar-refractivity contribution in [1.82, 2.24) is 0 Å². The molecule has 0 amide bonds. The van der Waals surface area contributed by atoms with E-state index < -0.39 is 0 Å². The fourth-order valence-corrected chi connectivity index (χ4v) is 3.64. The third-order valence-corrected chi connectivity index (χ3v) is 5.05. The lowest BCUT2D eigenvalue weighted by atomic mass is 9.93. The number of nitrogens with zero attached hydrogens (tertiary/aromatic N) is 1. The maximum atomic E-state index is 10.7. The summed E-state index contributed by atoms with van der Waals surface area (Å²) in [5.74, 6) is 0.254. The monoisotopic (exact) mass is 415 g/mol. The number of phenols is 1. The van der Waals surface area contributed by atoms with Crippen LogP contribution in [0.25, 0.3) is 10.8 Å². The maximum Gasteiger partial charge on any atom is 0.121 e. The number of aromatic hydroxyl groups is 1. The zero-order valence-corrected chi connectivity index (χ0v) is 16.2. The Bertz CT molecular complexity index is 1090. The summed E-state index contributed by atoms with van der Waals surface area (Å²) in [6, 6.07) is 29.6. The largest absolute Gasteiger partial charge is 0.508 e. The van der Waals surface area contributed by atoms with Gasteiger partial charge in [0.05, 0.1) is 0 Å². The molecule has 4 rings (SSSR count). The van der Waals surface area contributed by atoms with Crippen molar-refractivity contribution in [1.29, 1.82) is 0 Å². The van der Waals surface area contributed by atoms with Gasteiger partial charge < -0.3 is 5.11 Å². The normalized spacial score (nSPS) is 12.5. The van der Waals surface area contributed by atoms with Crippen molar-refractivity contribution in [2.45, 2.75) is 6.04 Å². The highest BCUT2D eigenvalue weighted by Crippen LogP contribution is 2.38. The Morgan fingerprint density at radius 1 is 0.815 bits per heavy atom. The van der Waals surface area contributed by atoms with Crippen LogP contribution >= 0.6 is 15.9 Å². The smallest absolute Gasteiger partial charge is 0.121 e. The minimum Gasteiger partial charge on any atom is -0.508 e. The number of aliphatic imine (C=N–C) groups is 1. The molecule has 0 aliphatic carbocycles. The van der Waals surface area contributed by atoms with Crippen LogP contribution in [0.15, 0.2) is 100 Å². The molecule has 0 fully saturated rings. The van der Waals surface area contributed by atoms with Crippen LogP contribution in [0.3, 0.4) is 0 Å². The van der Waals surface area contributed by atoms with Gasteiger partial charge in [-0.3, -0.25) is 4.99 Å². The highest BCUT2D eigenvalue weighted by atomic mass is 79.9. The zero-order chi connectivity index (χ0) is 18.6. The van der Waals surface area contributed by atoms with Gasteiger partial charge in [0.2, 0.25) is 0 Å². The molecule has 27 heavy (non-hydrogen) atoms. The van der Waals surface area contributed by atoms with Gasteiger partial charge in [0.1, 0.15) is 11.8 Å². The number of fused-ring (bicyclic) bond motifs is 1. The average molecular weight is 416 g/mol. The van der Waals surface area contributed by atoms with Crippen molar-refractivity contribution in [3.05, 3.63) is 112 Å². The van der Waals surface area contributed by atoms with E-state index in [4.69, 9.17) is 4.99 Å². The Labute approximate surface area is 167 Å². The van der Waals surface area contributed by atoms with Crippen molar-refractivity contribution in [2.24, 2.45) is 4.99 Å². The van der Waals surface area contributed by atoms with Crippen LogP contribution < -0.4 is 0 Å². The summed E-state index contributed by atoms with van der Waals surface area (Å²) in [5, 5.41) is 12.8. The highest BCUT2D eigenvalue weighted by Gasteiger charge is 2.19. The molecule has 1 atom stereocenters. The first-order chi connectivity index (χ1) is 13.2. The standard InChI is InChI=1S/C24H18BrNO/c25-20-12-13-21-19(15-20)11-14-22(27)23(21)24(18-9-5-2-6-10-18)26-16-17-7-3-1-4-8-17/h1-16,24,27H. The molecule has 0 aliphatic heterocycles. The molecular weight excluding hydrogens is 398 g/mol. The lowest BCUT2D eigenvalue weighted by molar-refractivity contribution is 0.467. The second-order valence-corrected chi connectivity index (χ2v) is 7.28. The third-order valence-electron chi connectivity index (χ3n) is 4.56. The third kappa shape index (κ3) is 3.79. The number of hydrogen-bond donors (Lipinski definition) is 1. The van der Waals surface area contributed by atoms with Crippen molar-refractivity contribution in [3.8, 4) is 5.75 Å². The van der Waals surface area contributed by atoms with Crippen LogP contribution in [-0.2, 0) is 0 Å². The summed E-state index contributed by atoms with van der Waals surface area (Å²) in [7, 11) is 0. The molecule has 0 saturated carbocycles. The molecule has 1 unspecified atom stereocenters. The van der Waals surface area contributed by atoms with Gasteiger partial charge in [-0.15, -0.1) is 0 Å². The van der Waals surface area contributed by atoms with Gasteiger partial charge in [0.25, 0.3) is 0 Å². The van der Waals surface area contributed by atoms with E-state index in [1.54, 1.807) is 6.07 Å². The number of hydrogen-bond acceptors (Lipinski definition) is 2. The molecule has 4 aromatic rings. The van der Waals surface area contributed by atoms with Gasteiger partial charge in [-0.2, -0.15) is 0 Å². The Morgan fingerprint density at radius 3 is 2.26 bits per heavy atom. The van der Waals surface area contributed by atoms with Crippen molar-refractivity contribution in [2.75, 3.05) is 0 Å². The van der Waals surface area contributed by atoms with Crippen molar-refractivity contribution < 1.29 is 5.11 Å². The van der Waals surface area contributed by atoms with Gasteiger partial charge in [-0.05, 0) is 40.1 Å². The first kappa shape index (κ1) is 17.5. The average Bonchev–Trinajstić information content (AvgIpc) is 2.71. The fourth-order valence-electron chi connectivity index (χ4n) is 3.26. The Hall–Kier alpha value is -2.91. The quantitative estimate of drug-likeness (QED) is 0.378. The predicted molar refractivity (Wildman–Crippen MR) is 116 cm³/mol. The Balaban J connectivity index is 1.90. The fraction of sp³-hybridized carbons (Fsp3) is 0.0417. The van der Waals surface area contributed by atoms with E-state index in [9.17, 15) is 5.11 Å². The summed E-state index contributed by atoms with van der Waals surface area (Å²) >= 11 is 3.53. The van der Waals surface area contributed by atoms with Gasteiger partial charge >= 0.3 is 0 Å². The molecule has 3 heteroatoms. The minimum absolute atomic E-state index is 0.254. The predicted octanol–water partition coefficient (Wildman–Crippen LogP) is 6.52. The topological polar surface area (TPSA) is 32.6 Å². The van der Waals surface area contributed by atoms with E-state index in [0.717, 1.165) is 31.9 Å². The van der Waals surface area contributed by atoms with Gasteiger partial charge in [-0.25, -0.2) is 0 Å². The van der Waals surface area contributed by atoms with Gasteiger partial charge in [-0.1, -0.05) is 88.7 Å². The van der Waals surface area contributed by atoms with E-state index in [-0.39, 0.29) is 11.8 Å². The Morgan fingerprint density at radius 2 is 1.52 bits per heavy atom. The number of phenolic OH excluding ortho intramolecular Hbond substituents is 1. The van der Waals surface area contributed by atoms with Crippen LogP contribution in [0.5, 0.6) is 5.75 Å². The minimum atomic E-state index is -0.295. The number of benzene rings is 4. The second-order valence-electron chi connectivity index (χ2n) is 6.37. The first-order valence-corrected chi connectivity index (χ1v) is 9.56. The van der Waals surface area contributed by atoms with E-state index in [2.05, 4.69) is 22.0 Å². The summed E-state index contributed by atoms with van der Waals surface area (Å²) in [5.41, 5.74) is 2.88. The lowest BCUT2D eigenvalue weighted by Gasteiger charge is -2.18. The lowest BCUT2D eigenvalue weighted by Crippen LogP contribution is -2.01. The van der Waals surface area contributed by atoms with Crippen molar-refractivity contribution in [3.63, 3.8) is 0 Å². The van der Waals surface area contributed by atoms with E-state index >= 15 is 0 Å².